The lowest BCUT2D eigenvalue weighted by atomic mass is 9.96. The van der Waals surface area contributed by atoms with Crippen LogP contribution in [0.3, 0.4) is 0 Å². The fraction of sp³-hybridized carbons (Fsp3) is 0.250. The predicted molar refractivity (Wildman–Crippen MR) is 129 cm³/mol. The number of halogens is 4. The van der Waals surface area contributed by atoms with Crippen molar-refractivity contribution in [3.63, 3.8) is 0 Å². The first kappa shape index (κ1) is 24.7. The second-order valence-corrected chi connectivity index (χ2v) is 9.29. The van der Waals surface area contributed by atoms with E-state index in [4.69, 9.17) is 4.42 Å². The number of carbonyl (C=O) groups excluding carboxylic acids is 1. The third-order valence-electron chi connectivity index (χ3n) is 6.37. The Balaban J connectivity index is 1.49. The minimum Gasteiger partial charge on any atom is -0.448 e. The second-order valence-electron chi connectivity index (χ2n) is 9.29. The zero-order valence-corrected chi connectivity index (χ0v) is 20.1. The minimum atomic E-state index is -4.55. The molecule has 1 saturated carbocycles. The van der Waals surface area contributed by atoms with E-state index >= 15 is 0 Å². The van der Waals surface area contributed by atoms with Gasteiger partial charge in [0, 0.05) is 28.8 Å². The van der Waals surface area contributed by atoms with Gasteiger partial charge in [-0.25, -0.2) is 9.37 Å². The number of carbonyl (C=O) groups is 1. The standard InChI is InChI=1S/C28H23F4N3O2/c1-15-3-7-22(23(29)9-15)19-10-20(25-26(17-4-5-17)37-14-34-25)12-21(11-19)27(36)35-16(2)18-6-8-24(33-13-18)28(30,31)32/h3,6-14,16-17H,4-5H2,1-2H3,(H,35,36)/t16-/m1/s1. The van der Waals surface area contributed by atoms with Crippen molar-refractivity contribution in [1.29, 1.82) is 0 Å². The van der Waals surface area contributed by atoms with Gasteiger partial charge < -0.3 is 9.73 Å². The van der Waals surface area contributed by atoms with Crippen molar-refractivity contribution in [2.75, 3.05) is 0 Å². The first-order valence-corrected chi connectivity index (χ1v) is 11.8. The highest BCUT2D eigenvalue weighted by molar-refractivity contribution is 5.97. The van der Waals surface area contributed by atoms with Gasteiger partial charge in [0.1, 0.15) is 23.0 Å². The van der Waals surface area contributed by atoms with Crippen LogP contribution in [0.15, 0.2) is 65.5 Å². The number of nitrogens with zero attached hydrogens (tertiary/aromatic N) is 2. The number of nitrogens with one attached hydrogen (secondary N) is 1. The Labute approximate surface area is 210 Å². The molecule has 1 aliphatic carbocycles. The third-order valence-corrected chi connectivity index (χ3v) is 6.37. The largest absolute Gasteiger partial charge is 0.448 e. The summed E-state index contributed by atoms with van der Waals surface area (Å²) >= 11 is 0. The molecule has 1 N–H and O–H groups in total. The van der Waals surface area contributed by atoms with Gasteiger partial charge in [0.2, 0.25) is 0 Å². The Hall–Kier alpha value is -4.01. The molecule has 1 atom stereocenters. The summed E-state index contributed by atoms with van der Waals surface area (Å²) in [5, 5.41) is 2.80. The summed E-state index contributed by atoms with van der Waals surface area (Å²) < 4.78 is 59.0. The number of oxazole rings is 1. The minimum absolute atomic E-state index is 0.254. The van der Waals surface area contributed by atoms with Crippen LogP contribution in [0.1, 0.15) is 64.7 Å². The Morgan fingerprint density at radius 3 is 2.46 bits per heavy atom. The van der Waals surface area contributed by atoms with Gasteiger partial charge in [-0.05, 0) is 73.7 Å². The van der Waals surface area contributed by atoms with Gasteiger partial charge in [0.05, 0.1) is 6.04 Å². The molecule has 1 amide bonds. The Morgan fingerprint density at radius 2 is 1.81 bits per heavy atom. The molecular weight excluding hydrogens is 486 g/mol. The van der Waals surface area contributed by atoms with Crippen molar-refractivity contribution < 1.29 is 26.8 Å². The third kappa shape index (κ3) is 5.26. The van der Waals surface area contributed by atoms with Crippen LogP contribution in [0.2, 0.25) is 0 Å². The van der Waals surface area contributed by atoms with E-state index in [0.29, 0.717) is 27.9 Å². The number of pyridine rings is 1. The van der Waals surface area contributed by atoms with E-state index in [2.05, 4.69) is 15.3 Å². The molecule has 2 aromatic heterocycles. The highest BCUT2D eigenvalue weighted by Crippen LogP contribution is 2.44. The van der Waals surface area contributed by atoms with Crippen LogP contribution in [-0.2, 0) is 6.18 Å². The first-order valence-electron chi connectivity index (χ1n) is 11.8. The van der Waals surface area contributed by atoms with Crippen LogP contribution in [-0.4, -0.2) is 15.9 Å². The zero-order valence-electron chi connectivity index (χ0n) is 20.1. The predicted octanol–water partition coefficient (Wildman–Crippen LogP) is 7.24. The average Bonchev–Trinajstić information content (AvgIpc) is 3.59. The molecule has 0 unspecified atom stereocenters. The fourth-order valence-electron chi connectivity index (χ4n) is 4.20. The lowest BCUT2D eigenvalue weighted by Gasteiger charge is -2.16. The van der Waals surface area contributed by atoms with E-state index in [1.807, 2.05) is 0 Å². The number of rotatable bonds is 6. The van der Waals surface area contributed by atoms with Gasteiger partial charge in [-0.2, -0.15) is 13.2 Å². The maximum Gasteiger partial charge on any atom is 0.433 e. The molecule has 0 radical (unpaired) electrons. The summed E-state index contributed by atoms with van der Waals surface area (Å²) in [5.74, 6) is 0.105. The average molecular weight is 510 g/mol. The molecule has 190 valence electrons. The van der Waals surface area contributed by atoms with Crippen molar-refractivity contribution >= 4 is 5.91 Å². The van der Waals surface area contributed by atoms with Crippen LogP contribution in [0.4, 0.5) is 17.6 Å². The molecular formula is C28H23F4N3O2. The van der Waals surface area contributed by atoms with E-state index in [0.717, 1.165) is 36.4 Å². The molecule has 2 heterocycles. The summed E-state index contributed by atoms with van der Waals surface area (Å²) in [6.07, 6.45) is -0.120. The number of aryl methyl sites for hydroxylation is 1. The van der Waals surface area contributed by atoms with Crippen LogP contribution in [0.25, 0.3) is 22.4 Å². The van der Waals surface area contributed by atoms with Crippen LogP contribution in [0.5, 0.6) is 0 Å². The van der Waals surface area contributed by atoms with Gasteiger partial charge in [-0.1, -0.05) is 18.2 Å². The number of amides is 1. The van der Waals surface area contributed by atoms with Gasteiger partial charge >= 0.3 is 6.18 Å². The van der Waals surface area contributed by atoms with Crippen molar-refractivity contribution in [2.45, 2.75) is 44.8 Å². The molecule has 0 bridgehead atoms. The Morgan fingerprint density at radius 1 is 1.05 bits per heavy atom. The second kappa shape index (κ2) is 9.46. The normalized spacial score (nSPS) is 14.4. The molecule has 1 aliphatic rings. The smallest absolute Gasteiger partial charge is 0.433 e. The van der Waals surface area contributed by atoms with Crippen LogP contribution in [0, 0.1) is 12.7 Å². The van der Waals surface area contributed by atoms with Gasteiger partial charge in [0.15, 0.2) is 6.39 Å². The number of aromatic nitrogens is 2. The Kier molecular flexibility index (Phi) is 6.31. The molecule has 37 heavy (non-hydrogen) atoms. The lowest BCUT2D eigenvalue weighted by Crippen LogP contribution is -2.27. The molecule has 1 fully saturated rings. The highest BCUT2D eigenvalue weighted by atomic mass is 19.4. The molecule has 9 heteroatoms. The van der Waals surface area contributed by atoms with E-state index in [-0.39, 0.29) is 11.5 Å². The van der Waals surface area contributed by atoms with E-state index in [1.54, 1.807) is 44.2 Å². The summed E-state index contributed by atoms with van der Waals surface area (Å²) in [6, 6.07) is 11.4. The summed E-state index contributed by atoms with van der Waals surface area (Å²) in [5.41, 5.74) is 2.46. The van der Waals surface area contributed by atoms with Gasteiger partial charge in [0.25, 0.3) is 5.91 Å². The lowest BCUT2D eigenvalue weighted by molar-refractivity contribution is -0.141. The summed E-state index contributed by atoms with van der Waals surface area (Å²) in [6.45, 7) is 3.44. The molecule has 5 rings (SSSR count). The van der Waals surface area contributed by atoms with Crippen LogP contribution < -0.4 is 5.32 Å². The van der Waals surface area contributed by atoms with Gasteiger partial charge in [-0.15, -0.1) is 0 Å². The van der Waals surface area contributed by atoms with Crippen LogP contribution >= 0.6 is 0 Å². The first-order chi connectivity index (χ1) is 17.6. The number of benzene rings is 2. The van der Waals surface area contributed by atoms with Crippen molar-refractivity contribution in [3.8, 4) is 22.4 Å². The molecule has 2 aromatic carbocycles. The summed E-state index contributed by atoms with van der Waals surface area (Å²) in [4.78, 5) is 21.1. The molecule has 5 nitrogen and oxygen atoms in total. The zero-order chi connectivity index (χ0) is 26.3. The van der Waals surface area contributed by atoms with Gasteiger partial charge in [-0.3, -0.25) is 9.78 Å². The SMILES string of the molecule is Cc1ccc(-c2cc(C(=O)N[C@H](C)c3ccc(C(F)(F)F)nc3)cc(-c3ncoc3C3CC3)c2)c(F)c1. The van der Waals surface area contributed by atoms with E-state index in [1.165, 1.54) is 18.5 Å². The molecule has 0 aliphatic heterocycles. The van der Waals surface area contributed by atoms with E-state index < -0.39 is 29.6 Å². The van der Waals surface area contributed by atoms with Crippen molar-refractivity contribution in [2.24, 2.45) is 0 Å². The molecule has 0 spiro atoms. The van der Waals surface area contributed by atoms with Crippen molar-refractivity contribution in [3.05, 3.63) is 95.1 Å². The van der Waals surface area contributed by atoms with Crippen molar-refractivity contribution in [1.82, 2.24) is 15.3 Å². The maximum absolute atomic E-state index is 14.9. The maximum atomic E-state index is 14.9. The number of hydrogen-bond acceptors (Lipinski definition) is 4. The highest BCUT2D eigenvalue weighted by Gasteiger charge is 2.33. The topological polar surface area (TPSA) is 68.0 Å². The Bertz CT molecular complexity index is 1460. The monoisotopic (exact) mass is 509 g/mol. The number of alkyl halides is 3. The quantitative estimate of drug-likeness (QED) is 0.278. The molecule has 4 aromatic rings. The van der Waals surface area contributed by atoms with E-state index in [9.17, 15) is 22.4 Å². The fourth-order valence-corrected chi connectivity index (χ4v) is 4.20. The summed E-state index contributed by atoms with van der Waals surface area (Å²) in [7, 11) is 0. The number of hydrogen-bond donors (Lipinski definition) is 1. The molecule has 0 saturated heterocycles.